The highest BCUT2D eigenvalue weighted by atomic mass is 16.1. The summed E-state index contributed by atoms with van der Waals surface area (Å²) in [5.74, 6) is 0.491. The predicted molar refractivity (Wildman–Crippen MR) is 79.4 cm³/mol. The van der Waals surface area contributed by atoms with Crippen LogP contribution in [0.4, 0.5) is 5.69 Å². The van der Waals surface area contributed by atoms with Crippen LogP contribution in [0.25, 0.3) is 10.8 Å². The van der Waals surface area contributed by atoms with Crippen molar-refractivity contribution in [3.63, 3.8) is 0 Å². The highest BCUT2D eigenvalue weighted by Gasteiger charge is 2.16. The summed E-state index contributed by atoms with van der Waals surface area (Å²) in [6, 6.07) is 10.6. The SMILES string of the molecule is CC(C)CC(=O)Nc1ccc2c3c(cccc13)CC2. The minimum absolute atomic E-state index is 0.105. The summed E-state index contributed by atoms with van der Waals surface area (Å²) in [7, 11) is 0. The Morgan fingerprint density at radius 3 is 2.63 bits per heavy atom. The molecule has 98 valence electrons. The molecule has 0 radical (unpaired) electrons. The van der Waals surface area contributed by atoms with Crippen molar-refractivity contribution in [3.8, 4) is 0 Å². The van der Waals surface area contributed by atoms with E-state index >= 15 is 0 Å². The third-order valence-electron chi connectivity index (χ3n) is 3.74. The van der Waals surface area contributed by atoms with Crippen molar-refractivity contribution in [1.29, 1.82) is 0 Å². The monoisotopic (exact) mass is 253 g/mol. The number of anilines is 1. The Kier molecular flexibility index (Phi) is 3.02. The Morgan fingerprint density at radius 2 is 1.89 bits per heavy atom. The van der Waals surface area contributed by atoms with Crippen LogP contribution in [0.5, 0.6) is 0 Å². The fourth-order valence-corrected chi connectivity index (χ4v) is 2.93. The van der Waals surface area contributed by atoms with E-state index in [0.717, 1.165) is 18.5 Å². The van der Waals surface area contributed by atoms with Crippen LogP contribution in [0.1, 0.15) is 31.4 Å². The molecule has 0 spiro atoms. The first-order chi connectivity index (χ1) is 9.15. The van der Waals surface area contributed by atoms with Gasteiger partial charge in [-0.15, -0.1) is 0 Å². The van der Waals surface area contributed by atoms with Gasteiger partial charge in [0.05, 0.1) is 0 Å². The lowest BCUT2D eigenvalue weighted by atomic mass is 10.0. The molecule has 2 aromatic rings. The van der Waals surface area contributed by atoms with E-state index < -0.39 is 0 Å². The van der Waals surface area contributed by atoms with E-state index in [1.54, 1.807) is 0 Å². The molecule has 2 aromatic carbocycles. The molecule has 1 N–H and O–H groups in total. The molecule has 0 fully saturated rings. The summed E-state index contributed by atoms with van der Waals surface area (Å²) >= 11 is 0. The van der Waals surface area contributed by atoms with E-state index in [1.165, 1.54) is 21.9 Å². The van der Waals surface area contributed by atoms with E-state index in [2.05, 4.69) is 43.4 Å². The summed E-state index contributed by atoms with van der Waals surface area (Å²) < 4.78 is 0. The van der Waals surface area contributed by atoms with Gasteiger partial charge >= 0.3 is 0 Å². The molecule has 0 saturated heterocycles. The van der Waals surface area contributed by atoms with Gasteiger partial charge in [0.2, 0.25) is 5.91 Å². The lowest BCUT2D eigenvalue weighted by Crippen LogP contribution is -2.14. The standard InChI is InChI=1S/C17H19NO/c1-11(2)10-16(19)18-15-9-8-13-7-6-12-4-3-5-14(15)17(12)13/h3-5,8-9,11H,6-7,10H2,1-2H3,(H,18,19). The Morgan fingerprint density at radius 1 is 1.16 bits per heavy atom. The molecule has 1 aliphatic carbocycles. The van der Waals surface area contributed by atoms with Crippen molar-refractivity contribution in [2.75, 3.05) is 5.32 Å². The molecule has 1 aliphatic rings. The molecular weight excluding hydrogens is 234 g/mol. The second-order valence-corrected chi connectivity index (χ2v) is 5.76. The number of rotatable bonds is 3. The molecule has 3 rings (SSSR count). The third-order valence-corrected chi connectivity index (χ3v) is 3.74. The van der Waals surface area contributed by atoms with Crippen LogP contribution in [-0.4, -0.2) is 5.91 Å². The van der Waals surface area contributed by atoms with Gasteiger partial charge in [0.1, 0.15) is 0 Å². The fraction of sp³-hybridized carbons (Fsp3) is 0.353. The highest BCUT2D eigenvalue weighted by Crippen LogP contribution is 2.35. The molecule has 0 atom stereocenters. The second-order valence-electron chi connectivity index (χ2n) is 5.76. The smallest absolute Gasteiger partial charge is 0.224 e. The maximum absolute atomic E-state index is 11.9. The van der Waals surface area contributed by atoms with Gasteiger partial charge in [-0.3, -0.25) is 4.79 Å². The number of hydrogen-bond acceptors (Lipinski definition) is 1. The molecule has 2 heteroatoms. The van der Waals surface area contributed by atoms with Gasteiger partial charge in [-0.2, -0.15) is 0 Å². The zero-order valence-corrected chi connectivity index (χ0v) is 11.5. The molecule has 0 aliphatic heterocycles. The van der Waals surface area contributed by atoms with E-state index in [9.17, 15) is 4.79 Å². The number of amides is 1. The summed E-state index contributed by atoms with van der Waals surface area (Å²) in [6.45, 7) is 4.13. The van der Waals surface area contributed by atoms with Crippen LogP contribution in [-0.2, 0) is 17.6 Å². The number of aryl methyl sites for hydroxylation is 2. The lowest BCUT2D eigenvalue weighted by Gasteiger charge is -2.11. The molecule has 2 nitrogen and oxygen atoms in total. The maximum atomic E-state index is 11.9. The molecule has 0 bridgehead atoms. The zero-order chi connectivity index (χ0) is 13.4. The first kappa shape index (κ1) is 12.2. The molecule has 0 heterocycles. The number of nitrogens with one attached hydrogen (secondary N) is 1. The minimum Gasteiger partial charge on any atom is -0.326 e. The van der Waals surface area contributed by atoms with Crippen LogP contribution in [0.3, 0.4) is 0 Å². The van der Waals surface area contributed by atoms with Crippen LogP contribution >= 0.6 is 0 Å². The van der Waals surface area contributed by atoms with Crippen LogP contribution < -0.4 is 5.32 Å². The Bertz CT molecular complexity index is 633. The first-order valence-electron chi connectivity index (χ1n) is 6.98. The van der Waals surface area contributed by atoms with E-state index in [1.807, 2.05) is 6.07 Å². The van der Waals surface area contributed by atoms with Gasteiger partial charge in [-0.05, 0) is 41.3 Å². The van der Waals surface area contributed by atoms with Crippen molar-refractivity contribution in [3.05, 3.63) is 41.5 Å². The number of carbonyl (C=O) groups is 1. The van der Waals surface area contributed by atoms with Crippen molar-refractivity contribution >= 4 is 22.4 Å². The molecular formula is C17H19NO. The van der Waals surface area contributed by atoms with Gasteiger partial charge in [0.25, 0.3) is 0 Å². The minimum atomic E-state index is 0.105. The van der Waals surface area contributed by atoms with Gasteiger partial charge in [0.15, 0.2) is 0 Å². The summed E-state index contributed by atoms with van der Waals surface area (Å²) in [4.78, 5) is 11.9. The van der Waals surface area contributed by atoms with Crippen molar-refractivity contribution in [2.45, 2.75) is 33.1 Å². The van der Waals surface area contributed by atoms with Gasteiger partial charge < -0.3 is 5.32 Å². The summed E-state index contributed by atoms with van der Waals surface area (Å²) in [6.07, 6.45) is 2.81. The molecule has 0 unspecified atom stereocenters. The van der Waals surface area contributed by atoms with Crippen molar-refractivity contribution < 1.29 is 4.79 Å². The van der Waals surface area contributed by atoms with E-state index in [-0.39, 0.29) is 5.91 Å². The maximum Gasteiger partial charge on any atom is 0.224 e. The molecule has 0 aromatic heterocycles. The molecule has 0 saturated carbocycles. The Hall–Kier alpha value is -1.83. The predicted octanol–water partition coefficient (Wildman–Crippen LogP) is 3.92. The fourth-order valence-electron chi connectivity index (χ4n) is 2.93. The number of benzene rings is 2. The Balaban J connectivity index is 1.99. The third kappa shape index (κ3) is 2.23. The van der Waals surface area contributed by atoms with Gasteiger partial charge in [0, 0.05) is 17.5 Å². The average molecular weight is 253 g/mol. The van der Waals surface area contributed by atoms with Crippen LogP contribution in [0, 0.1) is 5.92 Å². The van der Waals surface area contributed by atoms with Crippen LogP contribution in [0.15, 0.2) is 30.3 Å². The highest BCUT2D eigenvalue weighted by molar-refractivity contribution is 6.05. The second kappa shape index (κ2) is 4.69. The first-order valence-corrected chi connectivity index (χ1v) is 6.98. The summed E-state index contributed by atoms with van der Waals surface area (Å²) in [5, 5.41) is 5.60. The van der Waals surface area contributed by atoms with E-state index in [0.29, 0.717) is 12.3 Å². The largest absolute Gasteiger partial charge is 0.326 e. The van der Waals surface area contributed by atoms with Crippen molar-refractivity contribution in [2.24, 2.45) is 5.92 Å². The number of carbonyl (C=O) groups excluding carboxylic acids is 1. The molecule has 1 amide bonds. The molecule has 19 heavy (non-hydrogen) atoms. The van der Waals surface area contributed by atoms with Crippen LogP contribution in [0.2, 0.25) is 0 Å². The average Bonchev–Trinajstić information content (AvgIpc) is 2.77. The summed E-state index contributed by atoms with van der Waals surface area (Å²) in [5.41, 5.74) is 3.77. The normalized spacial score (nSPS) is 13.2. The lowest BCUT2D eigenvalue weighted by molar-refractivity contribution is -0.116. The zero-order valence-electron chi connectivity index (χ0n) is 11.5. The Labute approximate surface area is 113 Å². The topological polar surface area (TPSA) is 29.1 Å². The van der Waals surface area contributed by atoms with Gasteiger partial charge in [-0.25, -0.2) is 0 Å². The van der Waals surface area contributed by atoms with Gasteiger partial charge in [-0.1, -0.05) is 38.1 Å². The van der Waals surface area contributed by atoms with Crippen molar-refractivity contribution in [1.82, 2.24) is 0 Å². The number of hydrogen-bond donors (Lipinski definition) is 1. The van der Waals surface area contributed by atoms with E-state index in [4.69, 9.17) is 0 Å². The quantitative estimate of drug-likeness (QED) is 0.882.